The monoisotopic (exact) mass is 585 g/mol. The molecule has 206 valence electrons. The van der Waals surface area contributed by atoms with Crippen LogP contribution < -0.4 is 11.1 Å². The lowest BCUT2D eigenvalue weighted by Gasteiger charge is -2.18. The van der Waals surface area contributed by atoms with Crippen LogP contribution in [0, 0.1) is 0 Å². The Kier molecular flexibility index (Phi) is 7.10. The van der Waals surface area contributed by atoms with E-state index in [0.717, 1.165) is 28.4 Å². The summed E-state index contributed by atoms with van der Waals surface area (Å²) in [6, 6.07) is 20.7. The van der Waals surface area contributed by atoms with E-state index in [1.54, 1.807) is 12.3 Å². The number of nitrogens with two attached hydrogens (primary N) is 1. The standard InChI is InChI=1S/C30H24ClN5O4S/c31-22-14-17(29(40)34-15-25(37)38)9-10-21(22)26(27(32)39)41-30-35-28-24(6-3-13-33-28)36(30)23-12-11-18(16-7-8-16)19-4-1-2-5-20(19)23/h1-6,9-14,16,26H,7-8,15H2,(H2,32,39)(H,34,40)(H,37,38). The van der Waals surface area contributed by atoms with Gasteiger partial charge in [0.25, 0.3) is 5.91 Å². The number of amides is 2. The third-order valence-corrected chi connectivity index (χ3v) is 8.55. The summed E-state index contributed by atoms with van der Waals surface area (Å²) in [6.45, 7) is -0.529. The van der Waals surface area contributed by atoms with Crippen molar-refractivity contribution in [2.24, 2.45) is 5.73 Å². The molecule has 0 aliphatic heterocycles. The van der Waals surface area contributed by atoms with Crippen LogP contribution in [0.25, 0.3) is 27.6 Å². The zero-order valence-corrected chi connectivity index (χ0v) is 23.2. The largest absolute Gasteiger partial charge is 0.480 e. The second kappa shape index (κ2) is 10.9. The third kappa shape index (κ3) is 5.23. The summed E-state index contributed by atoms with van der Waals surface area (Å²) in [5, 5.41) is 13.1. The number of nitrogens with zero attached hydrogens (tertiary/aromatic N) is 3. The highest BCUT2D eigenvalue weighted by Crippen LogP contribution is 2.45. The lowest BCUT2D eigenvalue weighted by Crippen LogP contribution is -2.29. The minimum absolute atomic E-state index is 0.143. The highest BCUT2D eigenvalue weighted by molar-refractivity contribution is 8.00. The van der Waals surface area contributed by atoms with Crippen molar-refractivity contribution < 1.29 is 19.5 Å². The van der Waals surface area contributed by atoms with Crippen LogP contribution in [0.3, 0.4) is 0 Å². The molecule has 3 aromatic carbocycles. The second-order valence-corrected chi connectivity index (χ2v) is 11.3. The minimum atomic E-state index is -1.17. The van der Waals surface area contributed by atoms with Gasteiger partial charge in [-0.1, -0.05) is 59.8 Å². The van der Waals surface area contributed by atoms with Gasteiger partial charge in [-0.25, -0.2) is 9.97 Å². The van der Waals surface area contributed by atoms with Gasteiger partial charge in [0.1, 0.15) is 11.8 Å². The molecule has 0 radical (unpaired) electrons. The lowest BCUT2D eigenvalue weighted by molar-refractivity contribution is -0.135. The van der Waals surface area contributed by atoms with E-state index < -0.39 is 29.6 Å². The molecule has 1 aliphatic carbocycles. The van der Waals surface area contributed by atoms with Crippen LogP contribution in [-0.4, -0.2) is 44.0 Å². The van der Waals surface area contributed by atoms with Crippen LogP contribution in [-0.2, 0) is 9.59 Å². The van der Waals surface area contributed by atoms with Crippen molar-refractivity contribution >= 4 is 63.1 Å². The molecule has 1 aliphatic rings. The van der Waals surface area contributed by atoms with Gasteiger partial charge in [0.2, 0.25) is 5.91 Å². The Labute approximate surface area is 243 Å². The molecule has 5 aromatic rings. The first-order valence-corrected chi connectivity index (χ1v) is 14.2. The van der Waals surface area contributed by atoms with Gasteiger partial charge in [-0.05, 0) is 65.6 Å². The molecule has 2 heterocycles. The van der Waals surface area contributed by atoms with E-state index in [4.69, 9.17) is 27.4 Å². The van der Waals surface area contributed by atoms with Gasteiger partial charge < -0.3 is 16.2 Å². The van der Waals surface area contributed by atoms with Crippen LogP contribution in [0.15, 0.2) is 78.1 Å². The number of aromatic nitrogens is 3. The maximum absolute atomic E-state index is 12.8. The summed E-state index contributed by atoms with van der Waals surface area (Å²) in [4.78, 5) is 45.2. The van der Waals surface area contributed by atoms with Crippen molar-refractivity contribution in [3.63, 3.8) is 0 Å². The fourth-order valence-electron chi connectivity index (χ4n) is 4.98. The van der Waals surface area contributed by atoms with Crippen LogP contribution in [0.4, 0.5) is 0 Å². The Morgan fingerprint density at radius 2 is 1.85 bits per heavy atom. The average molecular weight is 586 g/mol. The highest BCUT2D eigenvalue weighted by Gasteiger charge is 2.29. The Balaban J connectivity index is 1.43. The van der Waals surface area contributed by atoms with Crippen molar-refractivity contribution in [3.05, 3.63) is 94.6 Å². The van der Waals surface area contributed by atoms with Gasteiger partial charge in [0, 0.05) is 22.2 Å². The number of carbonyl (C=O) groups is 3. The van der Waals surface area contributed by atoms with E-state index in [9.17, 15) is 14.4 Å². The first-order chi connectivity index (χ1) is 19.8. The van der Waals surface area contributed by atoms with Gasteiger partial charge in [-0.15, -0.1) is 0 Å². The number of primary amides is 1. The van der Waals surface area contributed by atoms with E-state index in [0.29, 0.717) is 22.3 Å². The van der Waals surface area contributed by atoms with Crippen molar-refractivity contribution in [3.8, 4) is 5.69 Å². The molecular weight excluding hydrogens is 562 g/mol. The number of thioether (sulfide) groups is 1. The minimum Gasteiger partial charge on any atom is -0.480 e. The van der Waals surface area contributed by atoms with Gasteiger partial charge in [-0.3, -0.25) is 19.0 Å². The fourth-order valence-corrected chi connectivity index (χ4v) is 6.43. The molecule has 1 atom stereocenters. The van der Waals surface area contributed by atoms with E-state index >= 15 is 0 Å². The molecule has 41 heavy (non-hydrogen) atoms. The lowest BCUT2D eigenvalue weighted by atomic mass is 9.99. The van der Waals surface area contributed by atoms with Gasteiger partial charge in [0.05, 0.1) is 11.2 Å². The van der Waals surface area contributed by atoms with E-state index in [1.165, 1.54) is 35.9 Å². The first-order valence-electron chi connectivity index (χ1n) is 12.9. The predicted octanol–water partition coefficient (Wildman–Crippen LogP) is 5.24. The summed E-state index contributed by atoms with van der Waals surface area (Å²) in [7, 11) is 0. The predicted molar refractivity (Wildman–Crippen MR) is 158 cm³/mol. The molecule has 0 spiro atoms. The fraction of sp³-hybridized carbons (Fsp3) is 0.167. The number of carboxylic acid groups (broad SMARTS) is 1. The molecule has 6 rings (SSSR count). The number of benzene rings is 3. The molecule has 1 saturated carbocycles. The number of hydrogen-bond acceptors (Lipinski definition) is 6. The van der Waals surface area contributed by atoms with Crippen LogP contribution in [0.1, 0.15) is 45.5 Å². The molecule has 11 heteroatoms. The van der Waals surface area contributed by atoms with Crippen molar-refractivity contribution in [1.82, 2.24) is 19.9 Å². The highest BCUT2D eigenvalue weighted by atomic mass is 35.5. The second-order valence-electron chi connectivity index (χ2n) is 9.78. The van der Waals surface area contributed by atoms with Crippen molar-refractivity contribution in [2.45, 2.75) is 29.2 Å². The Hall–Kier alpha value is -4.41. The van der Waals surface area contributed by atoms with Gasteiger partial charge >= 0.3 is 5.97 Å². The summed E-state index contributed by atoms with van der Waals surface area (Å²) >= 11 is 7.70. The molecule has 0 saturated heterocycles. The van der Waals surface area contributed by atoms with Crippen LogP contribution in [0.5, 0.6) is 0 Å². The van der Waals surface area contributed by atoms with E-state index in [2.05, 4.69) is 34.6 Å². The molecule has 2 aromatic heterocycles. The summed E-state index contributed by atoms with van der Waals surface area (Å²) in [6.07, 6.45) is 4.03. The number of pyridine rings is 1. The number of aliphatic carboxylic acids is 1. The topological polar surface area (TPSA) is 140 Å². The maximum Gasteiger partial charge on any atom is 0.322 e. The summed E-state index contributed by atoms with van der Waals surface area (Å²) in [5.74, 6) is -1.84. The van der Waals surface area contributed by atoms with Crippen LogP contribution in [0.2, 0.25) is 5.02 Å². The smallest absolute Gasteiger partial charge is 0.322 e. The number of carboxylic acids is 1. The molecule has 1 unspecified atom stereocenters. The zero-order chi connectivity index (χ0) is 28.7. The normalized spacial score (nSPS) is 13.8. The number of carbonyl (C=O) groups excluding carboxylic acids is 2. The van der Waals surface area contributed by atoms with E-state index in [1.807, 2.05) is 28.8 Å². The van der Waals surface area contributed by atoms with Gasteiger partial charge in [0.15, 0.2) is 10.8 Å². The molecular formula is C30H24ClN5O4S. The zero-order valence-electron chi connectivity index (χ0n) is 21.6. The molecule has 2 amide bonds. The molecule has 1 fully saturated rings. The number of rotatable bonds is 9. The number of hydrogen-bond donors (Lipinski definition) is 3. The molecule has 0 bridgehead atoms. The SMILES string of the molecule is NC(=O)C(Sc1nc2ncccc2n1-c1ccc(C2CC2)c2ccccc12)c1ccc(C(=O)NCC(=O)O)cc1Cl. The summed E-state index contributed by atoms with van der Waals surface area (Å²) < 4.78 is 1.99. The number of nitrogens with one attached hydrogen (secondary N) is 1. The average Bonchev–Trinajstić information content (AvgIpc) is 3.74. The summed E-state index contributed by atoms with van der Waals surface area (Å²) in [5.41, 5.74) is 9.97. The Bertz CT molecular complexity index is 1850. The van der Waals surface area contributed by atoms with Crippen LogP contribution >= 0.6 is 23.4 Å². The Morgan fingerprint density at radius 1 is 1.07 bits per heavy atom. The number of fused-ring (bicyclic) bond motifs is 2. The van der Waals surface area contributed by atoms with Crippen molar-refractivity contribution in [2.75, 3.05) is 6.54 Å². The number of imidazole rings is 1. The maximum atomic E-state index is 12.8. The van der Waals surface area contributed by atoms with E-state index in [-0.39, 0.29) is 10.6 Å². The quantitative estimate of drug-likeness (QED) is 0.201. The van der Waals surface area contributed by atoms with Gasteiger partial charge in [-0.2, -0.15) is 0 Å². The molecule has 4 N–H and O–H groups in total. The van der Waals surface area contributed by atoms with Crippen molar-refractivity contribution in [1.29, 1.82) is 0 Å². The number of halogens is 1. The first kappa shape index (κ1) is 26.8. The molecule has 9 nitrogen and oxygen atoms in total. The third-order valence-electron chi connectivity index (χ3n) is 7.02. The Morgan fingerprint density at radius 3 is 2.56 bits per heavy atom.